The number of aliphatic imine (C=N–C) groups is 1. The van der Waals surface area contributed by atoms with E-state index in [-0.39, 0.29) is 5.56 Å². The lowest BCUT2D eigenvalue weighted by Crippen LogP contribution is -2.22. The molecule has 0 aliphatic carbocycles. The molecule has 1 aromatic carbocycles. The lowest BCUT2D eigenvalue weighted by molar-refractivity contribution is 0.0699. The Labute approximate surface area is 97.2 Å². The topological polar surface area (TPSA) is 77.5 Å². The van der Waals surface area contributed by atoms with Crippen LogP contribution >= 0.6 is 0 Å². The molecule has 1 aromatic heterocycles. The molecule has 2 aromatic rings. The van der Waals surface area contributed by atoms with E-state index in [4.69, 9.17) is 0 Å². The van der Waals surface area contributed by atoms with Crippen LogP contribution in [0.3, 0.4) is 0 Å². The Balaban J connectivity index is 2.29. The fraction of sp³-hybridized carbons (Fsp3) is 0.167. The van der Waals surface area contributed by atoms with Gasteiger partial charge in [0.1, 0.15) is 5.84 Å². The summed E-state index contributed by atoms with van der Waals surface area (Å²) in [4.78, 5) is 18.7. The van der Waals surface area contributed by atoms with Crippen molar-refractivity contribution in [2.75, 3.05) is 13.1 Å². The van der Waals surface area contributed by atoms with Gasteiger partial charge in [0.25, 0.3) is 0 Å². The molecule has 0 bridgehead atoms. The van der Waals surface area contributed by atoms with Crippen molar-refractivity contribution < 1.29 is 9.90 Å². The number of nitrogens with one attached hydrogen (secondary N) is 2. The average molecular weight is 229 g/mol. The molecule has 1 aliphatic rings. The zero-order valence-electron chi connectivity index (χ0n) is 9.03. The first-order valence-corrected chi connectivity index (χ1v) is 5.40. The zero-order valence-corrected chi connectivity index (χ0v) is 9.03. The Morgan fingerprint density at radius 2 is 2.18 bits per heavy atom. The number of aromatic carboxylic acids is 1. The SMILES string of the molecule is O=C(O)c1c(C2=NCCN2)[nH]c2ccccc12. The highest BCUT2D eigenvalue weighted by Gasteiger charge is 2.22. The van der Waals surface area contributed by atoms with Gasteiger partial charge < -0.3 is 15.4 Å². The highest BCUT2D eigenvalue weighted by Crippen LogP contribution is 2.23. The normalized spacial score (nSPS) is 14.7. The summed E-state index contributed by atoms with van der Waals surface area (Å²) in [6.07, 6.45) is 0. The van der Waals surface area contributed by atoms with Crippen LogP contribution in [0.1, 0.15) is 16.1 Å². The van der Waals surface area contributed by atoms with Gasteiger partial charge >= 0.3 is 5.97 Å². The van der Waals surface area contributed by atoms with Crippen LogP contribution in [-0.4, -0.2) is 35.0 Å². The quantitative estimate of drug-likeness (QED) is 0.724. The van der Waals surface area contributed by atoms with Crippen LogP contribution in [0, 0.1) is 0 Å². The fourth-order valence-corrected chi connectivity index (χ4v) is 2.11. The molecule has 0 saturated carbocycles. The minimum absolute atomic E-state index is 0.286. The molecule has 17 heavy (non-hydrogen) atoms. The first-order chi connectivity index (χ1) is 8.27. The molecular formula is C12H11N3O2. The van der Waals surface area contributed by atoms with Gasteiger partial charge in [-0.05, 0) is 6.07 Å². The van der Waals surface area contributed by atoms with E-state index >= 15 is 0 Å². The van der Waals surface area contributed by atoms with Gasteiger partial charge in [-0.25, -0.2) is 4.79 Å². The van der Waals surface area contributed by atoms with E-state index in [9.17, 15) is 9.90 Å². The number of benzene rings is 1. The summed E-state index contributed by atoms with van der Waals surface area (Å²) in [6.45, 7) is 1.44. The van der Waals surface area contributed by atoms with Gasteiger partial charge in [-0.3, -0.25) is 4.99 Å². The third-order valence-corrected chi connectivity index (χ3v) is 2.83. The van der Waals surface area contributed by atoms with Crippen molar-refractivity contribution in [3.63, 3.8) is 0 Å². The number of aromatic amines is 1. The molecule has 0 atom stereocenters. The number of carboxylic acids is 1. The molecule has 86 valence electrons. The van der Waals surface area contributed by atoms with Crippen LogP contribution in [0.5, 0.6) is 0 Å². The van der Waals surface area contributed by atoms with Crippen molar-refractivity contribution in [1.29, 1.82) is 0 Å². The summed E-state index contributed by atoms with van der Waals surface area (Å²) in [5, 5.41) is 13.1. The highest BCUT2D eigenvalue weighted by molar-refractivity contribution is 6.14. The van der Waals surface area contributed by atoms with Crippen LogP contribution in [0.25, 0.3) is 10.9 Å². The average Bonchev–Trinajstić information content (AvgIpc) is 2.95. The fourth-order valence-electron chi connectivity index (χ4n) is 2.11. The van der Waals surface area contributed by atoms with Crippen LogP contribution in [0.4, 0.5) is 0 Å². The molecule has 0 fully saturated rings. The van der Waals surface area contributed by atoms with Crippen LogP contribution < -0.4 is 5.32 Å². The van der Waals surface area contributed by atoms with Gasteiger partial charge in [-0.2, -0.15) is 0 Å². The molecule has 5 heteroatoms. The summed E-state index contributed by atoms with van der Waals surface area (Å²) < 4.78 is 0. The van der Waals surface area contributed by atoms with Gasteiger partial charge in [-0.1, -0.05) is 18.2 Å². The van der Waals surface area contributed by atoms with Crippen LogP contribution in [0.2, 0.25) is 0 Å². The number of carbonyl (C=O) groups is 1. The monoisotopic (exact) mass is 229 g/mol. The predicted octanol–water partition coefficient (Wildman–Crippen LogP) is 1.22. The maximum Gasteiger partial charge on any atom is 0.338 e. The molecule has 0 spiro atoms. The van der Waals surface area contributed by atoms with Crippen molar-refractivity contribution in [3.8, 4) is 0 Å². The van der Waals surface area contributed by atoms with Crippen molar-refractivity contribution >= 4 is 22.7 Å². The van der Waals surface area contributed by atoms with E-state index < -0.39 is 5.97 Å². The lowest BCUT2D eigenvalue weighted by atomic mass is 10.1. The number of nitrogens with zero attached hydrogens (tertiary/aromatic N) is 1. The van der Waals surface area contributed by atoms with E-state index in [1.165, 1.54) is 0 Å². The molecule has 0 radical (unpaired) electrons. The maximum absolute atomic E-state index is 11.4. The Hall–Kier alpha value is -2.30. The predicted molar refractivity (Wildman–Crippen MR) is 64.7 cm³/mol. The van der Waals surface area contributed by atoms with Gasteiger partial charge in [0.15, 0.2) is 0 Å². The van der Waals surface area contributed by atoms with Crippen molar-refractivity contribution in [1.82, 2.24) is 10.3 Å². The van der Waals surface area contributed by atoms with Gasteiger partial charge in [0, 0.05) is 17.4 Å². The summed E-state index contributed by atoms with van der Waals surface area (Å²) in [5.74, 6) is -0.299. The number of H-pyrrole nitrogens is 1. The number of hydrogen-bond acceptors (Lipinski definition) is 3. The number of amidine groups is 1. The Bertz CT molecular complexity index is 628. The summed E-state index contributed by atoms with van der Waals surface area (Å²) in [7, 11) is 0. The molecule has 5 nitrogen and oxygen atoms in total. The standard InChI is InChI=1S/C12H11N3O2/c16-12(17)9-7-3-1-2-4-8(7)15-10(9)11-13-5-6-14-11/h1-4,15H,5-6H2,(H,13,14)(H,16,17). The molecule has 0 saturated heterocycles. The Morgan fingerprint density at radius 1 is 1.35 bits per heavy atom. The Morgan fingerprint density at radius 3 is 2.88 bits per heavy atom. The molecule has 3 rings (SSSR count). The summed E-state index contributed by atoms with van der Waals surface area (Å²) in [6, 6.07) is 7.36. The van der Waals surface area contributed by atoms with Gasteiger partial charge in [0.2, 0.25) is 0 Å². The smallest absolute Gasteiger partial charge is 0.338 e. The van der Waals surface area contributed by atoms with E-state index in [2.05, 4.69) is 15.3 Å². The van der Waals surface area contributed by atoms with Gasteiger partial charge in [-0.15, -0.1) is 0 Å². The molecule has 2 heterocycles. The summed E-state index contributed by atoms with van der Waals surface area (Å²) >= 11 is 0. The van der Waals surface area contributed by atoms with E-state index in [1.54, 1.807) is 6.07 Å². The minimum Gasteiger partial charge on any atom is -0.478 e. The lowest BCUT2D eigenvalue weighted by Gasteiger charge is -2.00. The number of para-hydroxylation sites is 1. The van der Waals surface area contributed by atoms with Crippen molar-refractivity contribution in [2.45, 2.75) is 0 Å². The van der Waals surface area contributed by atoms with Crippen molar-refractivity contribution in [2.24, 2.45) is 4.99 Å². The number of carboxylic acid groups (broad SMARTS) is 1. The van der Waals surface area contributed by atoms with Crippen LogP contribution in [-0.2, 0) is 0 Å². The second-order valence-corrected chi connectivity index (χ2v) is 3.88. The summed E-state index contributed by atoms with van der Waals surface area (Å²) in [5.41, 5.74) is 1.67. The molecule has 0 amide bonds. The number of fused-ring (bicyclic) bond motifs is 1. The molecule has 0 unspecified atom stereocenters. The third-order valence-electron chi connectivity index (χ3n) is 2.83. The van der Waals surface area contributed by atoms with Gasteiger partial charge in [0.05, 0.1) is 17.8 Å². The largest absolute Gasteiger partial charge is 0.478 e. The van der Waals surface area contributed by atoms with E-state index in [0.29, 0.717) is 23.5 Å². The first kappa shape index (κ1) is 9.89. The van der Waals surface area contributed by atoms with E-state index in [0.717, 1.165) is 12.1 Å². The maximum atomic E-state index is 11.4. The minimum atomic E-state index is -0.936. The molecule has 3 N–H and O–H groups in total. The molecular weight excluding hydrogens is 218 g/mol. The second kappa shape index (κ2) is 3.62. The number of rotatable bonds is 2. The third kappa shape index (κ3) is 1.47. The van der Waals surface area contributed by atoms with Crippen LogP contribution in [0.15, 0.2) is 29.3 Å². The van der Waals surface area contributed by atoms with E-state index in [1.807, 2.05) is 18.2 Å². The highest BCUT2D eigenvalue weighted by atomic mass is 16.4. The second-order valence-electron chi connectivity index (χ2n) is 3.88. The Kier molecular flexibility index (Phi) is 2.11. The number of aromatic nitrogens is 1. The first-order valence-electron chi connectivity index (χ1n) is 5.40. The number of hydrogen-bond donors (Lipinski definition) is 3. The molecule has 1 aliphatic heterocycles. The van der Waals surface area contributed by atoms with Crippen molar-refractivity contribution in [3.05, 3.63) is 35.5 Å². The zero-order chi connectivity index (χ0) is 11.8.